The number of hydrogen-bond donors (Lipinski definition) is 1. The fourth-order valence-electron chi connectivity index (χ4n) is 1.30. The maximum absolute atomic E-state index is 5.45. The van der Waals surface area contributed by atoms with Gasteiger partial charge >= 0.3 is 0 Å². The predicted molar refractivity (Wildman–Crippen MR) is 68.8 cm³/mol. The van der Waals surface area contributed by atoms with E-state index in [1.807, 2.05) is 13.0 Å². The first-order chi connectivity index (χ1) is 7.91. The Bertz CT molecular complexity index is 140. The summed E-state index contributed by atoms with van der Waals surface area (Å²) < 4.78 is 10.7. The van der Waals surface area contributed by atoms with Crippen LogP contribution in [0.1, 0.15) is 32.6 Å². The van der Waals surface area contributed by atoms with Crippen LogP contribution in [0.4, 0.5) is 0 Å². The van der Waals surface area contributed by atoms with Gasteiger partial charge in [-0.3, -0.25) is 0 Å². The van der Waals surface area contributed by atoms with E-state index >= 15 is 0 Å². The van der Waals surface area contributed by atoms with Crippen molar-refractivity contribution < 1.29 is 9.47 Å². The molecule has 0 aromatic rings. The van der Waals surface area contributed by atoms with Gasteiger partial charge < -0.3 is 14.8 Å². The minimum Gasteiger partial charge on any atom is -0.382 e. The lowest BCUT2D eigenvalue weighted by Gasteiger charge is -2.05. The molecule has 0 unspecified atom stereocenters. The van der Waals surface area contributed by atoms with Crippen LogP contribution in [0.25, 0.3) is 0 Å². The Morgan fingerprint density at radius 3 is 2.56 bits per heavy atom. The zero-order valence-electron chi connectivity index (χ0n) is 10.7. The fourth-order valence-corrected chi connectivity index (χ4v) is 1.30. The lowest BCUT2D eigenvalue weighted by atomic mass is 10.3. The highest BCUT2D eigenvalue weighted by Crippen LogP contribution is 1.90. The first-order valence-electron chi connectivity index (χ1n) is 6.39. The van der Waals surface area contributed by atoms with Crippen molar-refractivity contribution in [3.8, 4) is 0 Å². The van der Waals surface area contributed by atoms with Gasteiger partial charge in [-0.1, -0.05) is 6.08 Å². The number of rotatable bonds is 13. The summed E-state index contributed by atoms with van der Waals surface area (Å²) in [5.41, 5.74) is 0. The van der Waals surface area contributed by atoms with E-state index in [9.17, 15) is 0 Å². The van der Waals surface area contributed by atoms with E-state index in [-0.39, 0.29) is 0 Å². The molecule has 0 aromatic heterocycles. The van der Waals surface area contributed by atoms with Crippen LogP contribution in [0.15, 0.2) is 12.7 Å². The van der Waals surface area contributed by atoms with Crippen molar-refractivity contribution in [3.05, 3.63) is 12.7 Å². The molecule has 0 aliphatic carbocycles. The summed E-state index contributed by atoms with van der Waals surface area (Å²) >= 11 is 0. The zero-order valence-corrected chi connectivity index (χ0v) is 10.7. The molecule has 0 fully saturated rings. The van der Waals surface area contributed by atoms with Crippen LogP contribution in [0.2, 0.25) is 0 Å². The number of ether oxygens (including phenoxy) is 2. The maximum atomic E-state index is 5.45. The van der Waals surface area contributed by atoms with E-state index in [2.05, 4.69) is 11.9 Å². The largest absolute Gasteiger partial charge is 0.382 e. The third kappa shape index (κ3) is 13.6. The smallest absolute Gasteiger partial charge is 0.0590 e. The van der Waals surface area contributed by atoms with E-state index in [1.165, 1.54) is 6.42 Å². The second-order valence-electron chi connectivity index (χ2n) is 3.70. The molecule has 0 amide bonds. The van der Waals surface area contributed by atoms with Crippen molar-refractivity contribution >= 4 is 0 Å². The van der Waals surface area contributed by atoms with Crippen molar-refractivity contribution in [3.63, 3.8) is 0 Å². The molecule has 1 N–H and O–H groups in total. The Labute approximate surface area is 100 Å². The van der Waals surface area contributed by atoms with Gasteiger partial charge in [0, 0.05) is 26.4 Å². The second-order valence-corrected chi connectivity index (χ2v) is 3.70. The van der Waals surface area contributed by atoms with E-state index in [4.69, 9.17) is 9.47 Å². The number of unbranched alkanes of at least 4 members (excludes halogenated alkanes) is 2. The number of hydrogen-bond acceptors (Lipinski definition) is 3. The van der Waals surface area contributed by atoms with Crippen LogP contribution in [-0.2, 0) is 9.47 Å². The van der Waals surface area contributed by atoms with Crippen molar-refractivity contribution in [2.75, 3.05) is 39.5 Å². The van der Waals surface area contributed by atoms with Crippen LogP contribution < -0.4 is 5.32 Å². The van der Waals surface area contributed by atoms with Gasteiger partial charge in [0.15, 0.2) is 0 Å². The minimum absolute atomic E-state index is 0.808. The standard InChI is InChI=1S/C13H27NO2/c1-3-5-7-12-16-13-10-14-9-6-8-11-15-4-2/h3,14H,1,4-13H2,2H3. The third-order valence-electron chi connectivity index (χ3n) is 2.22. The van der Waals surface area contributed by atoms with Crippen LogP contribution in [-0.4, -0.2) is 39.5 Å². The topological polar surface area (TPSA) is 30.5 Å². The molecule has 3 nitrogen and oxygen atoms in total. The lowest BCUT2D eigenvalue weighted by molar-refractivity contribution is 0.132. The first-order valence-corrected chi connectivity index (χ1v) is 6.39. The molecule has 0 aromatic carbocycles. The molecule has 96 valence electrons. The highest BCUT2D eigenvalue weighted by atomic mass is 16.5. The first kappa shape index (κ1) is 15.6. The molecule has 0 bridgehead atoms. The Morgan fingerprint density at radius 2 is 1.81 bits per heavy atom. The van der Waals surface area contributed by atoms with E-state index in [1.54, 1.807) is 0 Å². The van der Waals surface area contributed by atoms with Crippen molar-refractivity contribution in [1.82, 2.24) is 5.32 Å². The third-order valence-corrected chi connectivity index (χ3v) is 2.22. The predicted octanol–water partition coefficient (Wildman–Crippen LogP) is 2.38. The van der Waals surface area contributed by atoms with E-state index in [0.717, 1.165) is 58.8 Å². The van der Waals surface area contributed by atoms with Gasteiger partial charge in [0.25, 0.3) is 0 Å². The van der Waals surface area contributed by atoms with Gasteiger partial charge in [-0.05, 0) is 39.2 Å². The average molecular weight is 229 g/mol. The maximum Gasteiger partial charge on any atom is 0.0590 e. The highest BCUT2D eigenvalue weighted by molar-refractivity contribution is 4.64. The Kier molecular flexibility index (Phi) is 14.3. The van der Waals surface area contributed by atoms with Gasteiger partial charge in [-0.25, -0.2) is 0 Å². The molecule has 0 radical (unpaired) electrons. The zero-order chi connectivity index (χ0) is 11.9. The van der Waals surface area contributed by atoms with Crippen molar-refractivity contribution in [1.29, 1.82) is 0 Å². The van der Waals surface area contributed by atoms with Crippen LogP contribution in [0, 0.1) is 0 Å². The molecular formula is C13H27NO2. The molecule has 0 aliphatic heterocycles. The fraction of sp³-hybridized carbons (Fsp3) is 0.846. The van der Waals surface area contributed by atoms with Gasteiger partial charge in [-0.15, -0.1) is 6.58 Å². The van der Waals surface area contributed by atoms with Crippen LogP contribution in [0.5, 0.6) is 0 Å². The molecule has 0 saturated carbocycles. The van der Waals surface area contributed by atoms with Crippen molar-refractivity contribution in [2.24, 2.45) is 0 Å². The molecule has 0 saturated heterocycles. The monoisotopic (exact) mass is 229 g/mol. The van der Waals surface area contributed by atoms with Gasteiger partial charge in [0.2, 0.25) is 0 Å². The highest BCUT2D eigenvalue weighted by Gasteiger charge is 1.90. The summed E-state index contributed by atoms with van der Waals surface area (Å²) in [6.07, 6.45) is 6.38. The summed E-state index contributed by atoms with van der Waals surface area (Å²) in [5.74, 6) is 0. The van der Waals surface area contributed by atoms with E-state index < -0.39 is 0 Å². The molecule has 0 aliphatic rings. The summed E-state index contributed by atoms with van der Waals surface area (Å²) in [7, 11) is 0. The van der Waals surface area contributed by atoms with Gasteiger partial charge in [0.05, 0.1) is 6.61 Å². The van der Waals surface area contributed by atoms with Crippen LogP contribution >= 0.6 is 0 Å². The molecule has 0 rings (SSSR count). The molecule has 16 heavy (non-hydrogen) atoms. The quantitative estimate of drug-likeness (QED) is 0.388. The van der Waals surface area contributed by atoms with Crippen LogP contribution in [0.3, 0.4) is 0 Å². The number of allylic oxidation sites excluding steroid dienone is 1. The molecule has 0 spiro atoms. The lowest BCUT2D eigenvalue weighted by Crippen LogP contribution is -2.21. The normalized spacial score (nSPS) is 10.6. The molecule has 0 heterocycles. The average Bonchev–Trinajstić information content (AvgIpc) is 2.31. The summed E-state index contributed by atoms with van der Waals surface area (Å²) in [4.78, 5) is 0. The summed E-state index contributed by atoms with van der Waals surface area (Å²) in [6, 6.07) is 0. The molecule has 0 atom stereocenters. The molecule has 3 heteroatoms. The number of nitrogens with one attached hydrogen (secondary N) is 1. The van der Waals surface area contributed by atoms with Crippen molar-refractivity contribution in [2.45, 2.75) is 32.6 Å². The Hall–Kier alpha value is -0.380. The summed E-state index contributed by atoms with van der Waals surface area (Å²) in [5, 5.41) is 3.35. The van der Waals surface area contributed by atoms with Gasteiger partial charge in [0.1, 0.15) is 0 Å². The SMILES string of the molecule is C=CCCCOCCNCCCCOCC. The Morgan fingerprint density at radius 1 is 1.00 bits per heavy atom. The second kappa shape index (κ2) is 14.6. The minimum atomic E-state index is 0.808. The molecular weight excluding hydrogens is 202 g/mol. The Balaban J connectivity index is 2.85. The summed E-state index contributed by atoms with van der Waals surface area (Å²) in [6.45, 7) is 11.1. The van der Waals surface area contributed by atoms with Gasteiger partial charge in [-0.2, -0.15) is 0 Å². The van der Waals surface area contributed by atoms with E-state index in [0.29, 0.717) is 0 Å².